The van der Waals surface area contributed by atoms with Gasteiger partial charge in [0.2, 0.25) is 0 Å². The molecule has 0 saturated carbocycles. The molecule has 0 amide bonds. The molecule has 0 bridgehead atoms. The van der Waals surface area contributed by atoms with Crippen molar-refractivity contribution < 1.29 is 55.8 Å². The Hall–Kier alpha value is 0.0244. The molecule has 1 radical (unpaired) electrons. The predicted octanol–water partition coefficient (Wildman–Crippen LogP) is -5.30. The second-order valence-electron chi connectivity index (χ2n) is 3.44. The molecule has 91 valence electrons. The molecule has 17 heavy (non-hydrogen) atoms. The van der Waals surface area contributed by atoms with Gasteiger partial charge in [-0.25, -0.2) is 0 Å². The summed E-state index contributed by atoms with van der Waals surface area (Å²) in [5.41, 5.74) is 5.41. The van der Waals surface area contributed by atoms with E-state index in [1.165, 1.54) is 22.3 Å². The van der Waals surface area contributed by atoms with Gasteiger partial charge in [-0.3, -0.25) is 0 Å². The van der Waals surface area contributed by atoms with E-state index >= 15 is 0 Å². The maximum Gasteiger partial charge on any atom is 4.00 e. The van der Waals surface area contributed by atoms with E-state index in [0.29, 0.717) is 0 Å². The van der Waals surface area contributed by atoms with E-state index in [1.54, 1.807) is 0 Å². The number of hydrogen-bond donors (Lipinski definition) is 0. The van der Waals surface area contributed by atoms with E-state index in [9.17, 15) is 0 Å². The summed E-state index contributed by atoms with van der Waals surface area (Å²) < 4.78 is 0. The minimum atomic E-state index is 0. The first-order chi connectivity index (χ1) is 6.29. The average molecular weight is 327 g/mol. The zero-order valence-electron chi connectivity index (χ0n) is 9.62. The Morgan fingerprint density at radius 3 is 1.94 bits per heavy atom. The quantitative estimate of drug-likeness (QED) is 0.460. The van der Waals surface area contributed by atoms with E-state index in [0.717, 1.165) is 0 Å². The van der Waals surface area contributed by atoms with Crippen LogP contribution in [0, 0.1) is 13.8 Å². The fourth-order valence-electron chi connectivity index (χ4n) is 1.69. The van der Waals surface area contributed by atoms with E-state index in [4.69, 9.17) is 0 Å². The molecule has 0 aliphatic rings. The van der Waals surface area contributed by atoms with Crippen LogP contribution in [0.5, 0.6) is 0 Å². The molecule has 0 atom stereocenters. The van der Waals surface area contributed by atoms with Gasteiger partial charge in [0.15, 0.2) is 0 Å². The van der Waals surface area contributed by atoms with Gasteiger partial charge in [-0.05, 0) is 6.92 Å². The van der Waals surface area contributed by atoms with Crippen molar-refractivity contribution in [2.75, 3.05) is 0 Å². The fraction of sp³-hybridized carbons (Fsp3) is 0.154. The van der Waals surface area contributed by atoms with E-state index < -0.39 is 0 Å². The molecule has 0 fully saturated rings. The molecule has 0 nitrogen and oxygen atoms in total. The monoisotopic (exact) mass is 325 g/mol. The molecule has 2 rings (SSSR count). The molecule has 0 unspecified atom stereocenters. The SMILES string of the molecule is Cc1ccccc1-c1ccc[c-]1C.[Cl-].[Cl-].[Cl-].[V+4]. The molecule has 0 N–H and O–H groups in total. The molecule has 0 aromatic heterocycles. The number of hydrogen-bond acceptors (Lipinski definition) is 0. The average Bonchev–Trinajstić information content (AvgIpc) is 2.52. The summed E-state index contributed by atoms with van der Waals surface area (Å²) in [6, 6.07) is 14.9. The minimum absolute atomic E-state index is 0. The maximum atomic E-state index is 2.18. The van der Waals surface area contributed by atoms with Crippen molar-refractivity contribution in [3.8, 4) is 11.1 Å². The third kappa shape index (κ3) is 5.03. The Labute approximate surface area is 134 Å². The number of halogens is 3. The summed E-state index contributed by atoms with van der Waals surface area (Å²) in [7, 11) is 0. The predicted molar refractivity (Wildman–Crippen MR) is 56.9 cm³/mol. The third-order valence-electron chi connectivity index (χ3n) is 2.47. The number of rotatable bonds is 1. The molecular formula is C13H13Cl3V. The van der Waals surface area contributed by atoms with Crippen LogP contribution in [0.4, 0.5) is 0 Å². The van der Waals surface area contributed by atoms with Crippen LogP contribution in [0.1, 0.15) is 11.1 Å². The molecule has 0 heterocycles. The van der Waals surface area contributed by atoms with Crippen LogP contribution in [0.15, 0.2) is 42.5 Å². The number of aryl methyl sites for hydroxylation is 2. The molecular weight excluding hydrogens is 313 g/mol. The van der Waals surface area contributed by atoms with Crippen LogP contribution < -0.4 is 37.2 Å². The standard InChI is InChI=1S/C13H13.3ClH.V/c1-10-6-3-4-8-12(10)13-9-5-7-11(13)2;;;;/h3-9H,1-2H3;3*1H;/q-1;;;;+4/p-3. The van der Waals surface area contributed by atoms with Gasteiger partial charge in [0.05, 0.1) is 0 Å². The Bertz CT molecular complexity index is 424. The van der Waals surface area contributed by atoms with Gasteiger partial charge in [0.25, 0.3) is 0 Å². The first-order valence-corrected chi connectivity index (χ1v) is 4.57. The summed E-state index contributed by atoms with van der Waals surface area (Å²) in [5, 5.41) is 0. The molecule has 0 spiro atoms. The Balaban J connectivity index is -0.000000490. The normalized spacial score (nSPS) is 7.88. The largest absolute Gasteiger partial charge is 4.00 e. The van der Waals surface area contributed by atoms with Gasteiger partial charge in [-0.1, -0.05) is 42.3 Å². The summed E-state index contributed by atoms with van der Waals surface area (Å²) in [5.74, 6) is 0. The van der Waals surface area contributed by atoms with Crippen molar-refractivity contribution >= 4 is 0 Å². The minimum Gasteiger partial charge on any atom is -1.00 e. The van der Waals surface area contributed by atoms with Gasteiger partial charge < -0.3 is 37.2 Å². The van der Waals surface area contributed by atoms with Crippen LogP contribution in [-0.2, 0) is 18.6 Å². The molecule has 2 aromatic rings. The Morgan fingerprint density at radius 2 is 1.47 bits per heavy atom. The zero-order valence-corrected chi connectivity index (χ0v) is 13.3. The van der Waals surface area contributed by atoms with Gasteiger partial charge >= 0.3 is 18.6 Å². The number of benzene rings is 1. The van der Waals surface area contributed by atoms with Crippen LogP contribution >= 0.6 is 0 Å². The summed E-state index contributed by atoms with van der Waals surface area (Å²) >= 11 is 0. The van der Waals surface area contributed by atoms with E-state index in [1.807, 2.05) is 0 Å². The third-order valence-corrected chi connectivity index (χ3v) is 2.47. The van der Waals surface area contributed by atoms with Crippen LogP contribution in [-0.4, -0.2) is 0 Å². The van der Waals surface area contributed by atoms with Crippen molar-refractivity contribution in [1.29, 1.82) is 0 Å². The molecule has 2 aromatic carbocycles. The van der Waals surface area contributed by atoms with E-state index in [2.05, 4.69) is 56.3 Å². The molecule has 0 saturated heterocycles. The first-order valence-electron chi connectivity index (χ1n) is 4.57. The van der Waals surface area contributed by atoms with Crippen LogP contribution in [0.2, 0.25) is 0 Å². The van der Waals surface area contributed by atoms with Crippen LogP contribution in [0.25, 0.3) is 11.1 Å². The Morgan fingerprint density at radius 1 is 0.882 bits per heavy atom. The van der Waals surface area contributed by atoms with E-state index in [-0.39, 0.29) is 55.8 Å². The fourth-order valence-corrected chi connectivity index (χ4v) is 1.69. The van der Waals surface area contributed by atoms with Gasteiger partial charge in [0.1, 0.15) is 0 Å². The van der Waals surface area contributed by atoms with Gasteiger partial charge in [0, 0.05) is 0 Å². The molecule has 4 heteroatoms. The van der Waals surface area contributed by atoms with Crippen molar-refractivity contribution in [2.45, 2.75) is 13.8 Å². The van der Waals surface area contributed by atoms with Gasteiger partial charge in [-0.2, -0.15) is 18.2 Å². The van der Waals surface area contributed by atoms with Crippen molar-refractivity contribution in [3.05, 3.63) is 53.6 Å². The van der Waals surface area contributed by atoms with Gasteiger partial charge in [-0.15, -0.1) is 11.1 Å². The topological polar surface area (TPSA) is 0 Å². The second-order valence-corrected chi connectivity index (χ2v) is 3.44. The zero-order chi connectivity index (χ0) is 9.26. The smallest absolute Gasteiger partial charge is 1.00 e. The summed E-state index contributed by atoms with van der Waals surface area (Å²) in [4.78, 5) is 0. The molecule has 0 aliphatic heterocycles. The Kier molecular flexibility index (Phi) is 13.1. The van der Waals surface area contributed by atoms with Crippen molar-refractivity contribution in [1.82, 2.24) is 0 Å². The second kappa shape index (κ2) is 9.99. The molecule has 0 aliphatic carbocycles. The summed E-state index contributed by atoms with van der Waals surface area (Å²) in [6.07, 6.45) is 0. The van der Waals surface area contributed by atoms with Crippen molar-refractivity contribution in [2.24, 2.45) is 0 Å². The first kappa shape index (κ1) is 22.2. The van der Waals surface area contributed by atoms with Crippen LogP contribution in [0.3, 0.4) is 0 Å². The summed E-state index contributed by atoms with van der Waals surface area (Å²) in [6.45, 7) is 4.31. The maximum absolute atomic E-state index is 2.18. The van der Waals surface area contributed by atoms with Crippen molar-refractivity contribution in [3.63, 3.8) is 0 Å².